The van der Waals surface area contributed by atoms with Gasteiger partial charge in [-0.2, -0.15) is 0 Å². The molecule has 202 valence electrons. The van der Waals surface area contributed by atoms with Gasteiger partial charge < -0.3 is 44.8 Å². The number of rotatable bonds is 2. The van der Waals surface area contributed by atoms with E-state index in [0.717, 1.165) is 6.07 Å². The number of aliphatic hydroxyl groups is 1. The van der Waals surface area contributed by atoms with Crippen LogP contribution in [-0.4, -0.2) is 42.7 Å². The molecule has 40 heavy (non-hydrogen) atoms. The van der Waals surface area contributed by atoms with Crippen molar-refractivity contribution in [2.24, 2.45) is 0 Å². The summed E-state index contributed by atoms with van der Waals surface area (Å²) in [7, 11) is 0. The Morgan fingerprint density at radius 3 is 2.02 bits per heavy atom. The zero-order valence-corrected chi connectivity index (χ0v) is 20.6. The van der Waals surface area contributed by atoms with Crippen LogP contribution < -0.4 is 14.2 Å². The normalized spacial score (nSPS) is 24.0. The van der Waals surface area contributed by atoms with Gasteiger partial charge in [0, 0.05) is 30.2 Å². The average Bonchev–Trinajstić information content (AvgIpc) is 3.40. The Kier molecular flexibility index (Phi) is 4.92. The smallest absolute Gasteiger partial charge is 0.331 e. The molecule has 0 saturated heterocycles. The second-order valence-corrected chi connectivity index (χ2v) is 10.1. The maximum absolute atomic E-state index is 14.0. The minimum Gasteiger partial charge on any atom is -0.508 e. The zero-order valence-electron chi connectivity index (χ0n) is 20.6. The third-order valence-electron chi connectivity index (χ3n) is 7.77. The van der Waals surface area contributed by atoms with Crippen LogP contribution in [0.5, 0.6) is 46.0 Å². The minimum absolute atomic E-state index is 0.0143. The van der Waals surface area contributed by atoms with Gasteiger partial charge in [-0.1, -0.05) is 24.3 Å². The quantitative estimate of drug-likeness (QED) is 0.163. The summed E-state index contributed by atoms with van der Waals surface area (Å²) in [5.74, 6) is -1.67. The molecule has 0 saturated carbocycles. The molecule has 6 N–H and O–H groups in total. The molecule has 0 radical (unpaired) electrons. The van der Waals surface area contributed by atoms with Crippen LogP contribution in [0.15, 0.2) is 66.7 Å². The van der Waals surface area contributed by atoms with E-state index >= 15 is 0 Å². The van der Waals surface area contributed by atoms with Crippen molar-refractivity contribution in [2.45, 2.75) is 30.1 Å². The predicted molar refractivity (Wildman–Crippen MR) is 137 cm³/mol. The molecule has 3 aliphatic rings. The molecule has 4 atom stereocenters. The number of aromatic hydroxyl groups is 5. The van der Waals surface area contributed by atoms with Crippen molar-refractivity contribution in [3.8, 4) is 46.0 Å². The molecule has 0 aliphatic carbocycles. The highest BCUT2D eigenvalue weighted by atomic mass is 16.6. The number of fused-ring (bicyclic) bond motifs is 6. The third kappa shape index (κ3) is 3.16. The van der Waals surface area contributed by atoms with Crippen LogP contribution in [0.3, 0.4) is 0 Å². The fourth-order valence-electron chi connectivity index (χ4n) is 6.06. The predicted octanol–water partition coefficient (Wildman–Crippen LogP) is 3.59. The molecule has 4 aromatic carbocycles. The molecule has 7 rings (SSSR count). The summed E-state index contributed by atoms with van der Waals surface area (Å²) < 4.78 is 18.3. The topological polar surface area (TPSA) is 166 Å². The summed E-state index contributed by atoms with van der Waals surface area (Å²) in [6.07, 6.45) is -3.20. The Hall–Kier alpha value is -5.09. The standard InChI is InChI=1S/C30H22O10/c31-15-5-1-13(2-6-15)26-21(36)11-18-19(34)12-23-25(27(18)40-26)30(29(37)39-23)24-20(35)9-17(33)10-22(24)38-28(30)14-3-7-16(32)8-4-14/h1-10,12,21,26,28,31-36H,11H2. The molecule has 1 spiro atoms. The molecule has 10 heteroatoms. The van der Waals surface area contributed by atoms with E-state index in [1.165, 1.54) is 36.4 Å². The Bertz CT molecular complexity index is 1700. The lowest BCUT2D eigenvalue weighted by atomic mass is 9.69. The van der Waals surface area contributed by atoms with Crippen LogP contribution in [0.4, 0.5) is 0 Å². The molecular formula is C30H22O10. The van der Waals surface area contributed by atoms with Gasteiger partial charge in [0.1, 0.15) is 58.2 Å². The van der Waals surface area contributed by atoms with Crippen molar-refractivity contribution >= 4 is 5.97 Å². The SMILES string of the molecule is O=C1Oc2cc(O)c3c(c2C12c1c(O)cc(O)cc1OC2c1ccc(O)cc1)OC(c1ccc(O)cc1)C(O)C3. The Labute approximate surface area is 226 Å². The fraction of sp³-hybridized carbons (Fsp3) is 0.167. The maximum atomic E-state index is 14.0. The van der Waals surface area contributed by atoms with E-state index in [1.54, 1.807) is 24.3 Å². The number of ether oxygens (including phenoxy) is 3. The number of phenols is 5. The molecule has 3 aliphatic heterocycles. The van der Waals surface area contributed by atoms with Gasteiger partial charge >= 0.3 is 5.97 Å². The molecular weight excluding hydrogens is 520 g/mol. The minimum atomic E-state index is -1.85. The number of esters is 1. The summed E-state index contributed by atoms with van der Waals surface area (Å²) in [4.78, 5) is 14.0. The first-order valence-corrected chi connectivity index (χ1v) is 12.5. The average molecular weight is 542 g/mol. The van der Waals surface area contributed by atoms with E-state index in [4.69, 9.17) is 14.2 Å². The first-order valence-electron chi connectivity index (χ1n) is 12.5. The molecule has 0 aromatic heterocycles. The molecule has 0 bridgehead atoms. The van der Waals surface area contributed by atoms with Crippen LogP contribution in [-0.2, 0) is 16.6 Å². The summed E-state index contributed by atoms with van der Waals surface area (Å²) in [6.45, 7) is 0. The van der Waals surface area contributed by atoms with Crippen LogP contribution in [0, 0.1) is 0 Å². The third-order valence-corrected chi connectivity index (χ3v) is 7.77. The van der Waals surface area contributed by atoms with Gasteiger partial charge in [0.15, 0.2) is 5.41 Å². The van der Waals surface area contributed by atoms with Crippen molar-refractivity contribution in [1.82, 2.24) is 0 Å². The van der Waals surface area contributed by atoms with Crippen molar-refractivity contribution < 1.29 is 49.6 Å². The first kappa shape index (κ1) is 24.0. The maximum Gasteiger partial charge on any atom is 0.331 e. The number of aliphatic hydroxyl groups excluding tert-OH is 1. The van der Waals surface area contributed by atoms with Gasteiger partial charge in [-0.05, 0) is 35.4 Å². The van der Waals surface area contributed by atoms with E-state index < -0.39 is 35.4 Å². The van der Waals surface area contributed by atoms with Crippen molar-refractivity contribution in [3.05, 3.63) is 94.5 Å². The largest absolute Gasteiger partial charge is 0.508 e. The molecule has 4 aromatic rings. The van der Waals surface area contributed by atoms with E-state index in [-0.39, 0.29) is 63.4 Å². The summed E-state index contributed by atoms with van der Waals surface area (Å²) in [5, 5.41) is 62.8. The number of carbonyl (C=O) groups excluding carboxylic acids is 1. The Morgan fingerprint density at radius 1 is 0.700 bits per heavy atom. The number of hydrogen-bond donors (Lipinski definition) is 6. The first-order chi connectivity index (χ1) is 19.2. The van der Waals surface area contributed by atoms with E-state index in [1.807, 2.05) is 0 Å². The molecule has 3 heterocycles. The second-order valence-electron chi connectivity index (χ2n) is 10.1. The van der Waals surface area contributed by atoms with E-state index in [9.17, 15) is 35.4 Å². The number of hydrogen-bond acceptors (Lipinski definition) is 10. The van der Waals surface area contributed by atoms with Gasteiger partial charge in [0.05, 0.1) is 17.2 Å². The molecule has 0 amide bonds. The van der Waals surface area contributed by atoms with Gasteiger partial charge in [-0.3, -0.25) is 4.79 Å². The van der Waals surface area contributed by atoms with Crippen molar-refractivity contribution in [2.75, 3.05) is 0 Å². The van der Waals surface area contributed by atoms with Crippen molar-refractivity contribution in [1.29, 1.82) is 0 Å². The lowest BCUT2D eigenvalue weighted by Gasteiger charge is -2.35. The van der Waals surface area contributed by atoms with E-state index in [0.29, 0.717) is 11.1 Å². The molecule has 4 unspecified atom stereocenters. The number of phenolic OH excluding ortho intramolecular Hbond substituents is 5. The van der Waals surface area contributed by atoms with Crippen LogP contribution in [0.1, 0.15) is 40.0 Å². The summed E-state index contributed by atoms with van der Waals surface area (Å²) >= 11 is 0. The van der Waals surface area contributed by atoms with E-state index in [2.05, 4.69) is 0 Å². The second kappa shape index (κ2) is 8.20. The van der Waals surface area contributed by atoms with Crippen LogP contribution in [0.2, 0.25) is 0 Å². The molecule has 0 fully saturated rings. The number of benzene rings is 4. The summed E-state index contributed by atoms with van der Waals surface area (Å²) in [6, 6.07) is 15.7. The lowest BCUT2D eigenvalue weighted by Crippen LogP contribution is -2.40. The number of carbonyl (C=O) groups is 1. The van der Waals surface area contributed by atoms with Gasteiger partial charge in [-0.15, -0.1) is 0 Å². The van der Waals surface area contributed by atoms with Crippen LogP contribution in [0.25, 0.3) is 0 Å². The fourth-order valence-corrected chi connectivity index (χ4v) is 6.06. The Balaban J connectivity index is 1.51. The van der Waals surface area contributed by atoms with Gasteiger partial charge in [-0.25, -0.2) is 0 Å². The lowest BCUT2D eigenvalue weighted by molar-refractivity contribution is -0.139. The summed E-state index contributed by atoms with van der Waals surface area (Å²) in [5.41, 5.74) is -0.410. The Morgan fingerprint density at radius 2 is 1.35 bits per heavy atom. The highest BCUT2D eigenvalue weighted by Gasteiger charge is 2.66. The van der Waals surface area contributed by atoms with Crippen LogP contribution >= 0.6 is 0 Å². The monoisotopic (exact) mass is 542 g/mol. The highest BCUT2D eigenvalue weighted by molar-refractivity contribution is 6.00. The highest BCUT2D eigenvalue weighted by Crippen LogP contribution is 2.66. The van der Waals surface area contributed by atoms with Crippen molar-refractivity contribution in [3.63, 3.8) is 0 Å². The van der Waals surface area contributed by atoms with Gasteiger partial charge in [0.2, 0.25) is 0 Å². The van der Waals surface area contributed by atoms with Gasteiger partial charge in [0.25, 0.3) is 0 Å². The zero-order chi connectivity index (χ0) is 27.9. The molecule has 10 nitrogen and oxygen atoms in total.